The summed E-state index contributed by atoms with van der Waals surface area (Å²) < 4.78 is 22.8. The van der Waals surface area contributed by atoms with Crippen molar-refractivity contribution < 1.29 is 42.9 Å². The Morgan fingerprint density at radius 1 is 0.464 bits per heavy atom. The minimum absolute atomic E-state index is 0.173. The predicted molar refractivity (Wildman–Crippen MR) is 231 cm³/mol. The van der Waals surface area contributed by atoms with Crippen molar-refractivity contribution in [2.75, 3.05) is 47.5 Å². The normalized spacial score (nSPS) is 12.8. The number of quaternary nitrogens is 1. The van der Waals surface area contributed by atoms with Crippen LogP contribution in [0.4, 0.5) is 0 Å². The topological polar surface area (TPSA) is 108 Å². The Morgan fingerprint density at radius 2 is 0.804 bits per heavy atom. The van der Waals surface area contributed by atoms with Crippen LogP contribution in [0.5, 0.6) is 0 Å². The second kappa shape index (κ2) is 40.1. The Kier molecular flexibility index (Phi) is 38.9. The van der Waals surface area contributed by atoms with Crippen molar-refractivity contribution >= 4 is 17.9 Å². The molecule has 0 heterocycles. The predicted octanol–water partition coefficient (Wildman–Crippen LogP) is 12.5. The average Bonchev–Trinajstić information content (AvgIpc) is 3.15. The molecule has 1 N–H and O–H groups in total. The SMILES string of the molecule is CCCCCCCCCCCCCCCCCCCCC(=O)OC(COC(=O)CCCCCCCCCCCCCCC)COC(OCC[N+](C)(C)C)C(=O)O. The lowest BCUT2D eigenvalue weighted by atomic mass is 10.0. The van der Waals surface area contributed by atoms with Gasteiger partial charge >= 0.3 is 17.9 Å². The summed E-state index contributed by atoms with van der Waals surface area (Å²) in [6.07, 6.45) is 37.3. The summed E-state index contributed by atoms with van der Waals surface area (Å²) >= 11 is 0. The van der Waals surface area contributed by atoms with Crippen LogP contribution in [0.3, 0.4) is 0 Å². The molecule has 9 nitrogen and oxygen atoms in total. The van der Waals surface area contributed by atoms with Crippen LogP contribution >= 0.6 is 0 Å². The van der Waals surface area contributed by atoms with Gasteiger partial charge in [0.15, 0.2) is 6.10 Å². The van der Waals surface area contributed by atoms with Crippen molar-refractivity contribution in [3.8, 4) is 0 Å². The van der Waals surface area contributed by atoms with E-state index < -0.39 is 18.4 Å². The van der Waals surface area contributed by atoms with Crippen LogP contribution in [0.1, 0.15) is 226 Å². The molecule has 0 aliphatic carbocycles. The second-order valence-electron chi connectivity index (χ2n) is 17.4. The van der Waals surface area contributed by atoms with E-state index in [0.717, 1.165) is 38.5 Å². The molecule has 0 fully saturated rings. The van der Waals surface area contributed by atoms with Crippen molar-refractivity contribution in [1.82, 2.24) is 0 Å². The highest BCUT2D eigenvalue weighted by Crippen LogP contribution is 2.16. The monoisotopic (exact) mass is 799 g/mol. The highest BCUT2D eigenvalue weighted by molar-refractivity contribution is 5.71. The zero-order valence-corrected chi connectivity index (χ0v) is 37.6. The van der Waals surface area contributed by atoms with Gasteiger partial charge in [-0.2, -0.15) is 0 Å². The molecule has 0 rings (SSSR count). The van der Waals surface area contributed by atoms with Crippen LogP contribution in [-0.4, -0.2) is 87.4 Å². The highest BCUT2D eigenvalue weighted by atomic mass is 16.7. The summed E-state index contributed by atoms with van der Waals surface area (Å²) in [5.74, 6) is -1.98. The number of ether oxygens (including phenoxy) is 4. The molecular weight excluding hydrogens is 707 g/mol. The van der Waals surface area contributed by atoms with Gasteiger partial charge in [0.05, 0.1) is 34.4 Å². The fraction of sp³-hybridized carbons (Fsp3) is 0.936. The van der Waals surface area contributed by atoms with Gasteiger partial charge in [-0.1, -0.05) is 200 Å². The number of hydrogen-bond acceptors (Lipinski definition) is 7. The van der Waals surface area contributed by atoms with Gasteiger partial charge in [0.2, 0.25) is 0 Å². The van der Waals surface area contributed by atoms with Gasteiger partial charge in [-0.3, -0.25) is 9.59 Å². The number of rotatable bonds is 44. The molecular formula is C47H92NO8+. The van der Waals surface area contributed by atoms with Crippen molar-refractivity contribution in [3.05, 3.63) is 0 Å². The van der Waals surface area contributed by atoms with Crippen molar-refractivity contribution in [2.45, 2.75) is 238 Å². The molecule has 0 saturated heterocycles. The number of unbranched alkanes of at least 4 members (excludes halogenated alkanes) is 29. The van der Waals surface area contributed by atoms with Gasteiger partial charge in [0, 0.05) is 12.8 Å². The van der Waals surface area contributed by atoms with E-state index in [4.69, 9.17) is 18.9 Å². The smallest absolute Gasteiger partial charge is 0.361 e. The molecule has 56 heavy (non-hydrogen) atoms. The maximum Gasteiger partial charge on any atom is 0.361 e. The maximum absolute atomic E-state index is 12.8. The molecule has 0 aliphatic heterocycles. The largest absolute Gasteiger partial charge is 0.477 e. The summed E-state index contributed by atoms with van der Waals surface area (Å²) in [6.45, 7) is 4.91. The van der Waals surface area contributed by atoms with E-state index in [1.54, 1.807) is 0 Å². The van der Waals surface area contributed by atoms with Crippen molar-refractivity contribution in [1.29, 1.82) is 0 Å². The van der Waals surface area contributed by atoms with E-state index in [9.17, 15) is 19.5 Å². The number of carbonyl (C=O) groups is 3. The van der Waals surface area contributed by atoms with Gasteiger partial charge in [0.1, 0.15) is 13.2 Å². The molecule has 332 valence electrons. The summed E-state index contributed by atoms with van der Waals surface area (Å²) in [6, 6.07) is 0. The third kappa shape index (κ3) is 40.5. The van der Waals surface area contributed by atoms with Gasteiger partial charge in [-0.15, -0.1) is 0 Å². The van der Waals surface area contributed by atoms with Crippen LogP contribution in [-0.2, 0) is 33.3 Å². The molecule has 0 saturated carbocycles. The molecule has 2 unspecified atom stereocenters. The zero-order valence-electron chi connectivity index (χ0n) is 37.6. The van der Waals surface area contributed by atoms with E-state index in [2.05, 4.69) is 13.8 Å². The van der Waals surface area contributed by atoms with E-state index >= 15 is 0 Å². The van der Waals surface area contributed by atoms with Gasteiger partial charge in [-0.05, 0) is 12.8 Å². The Balaban J connectivity index is 4.35. The fourth-order valence-electron chi connectivity index (χ4n) is 6.90. The third-order valence-corrected chi connectivity index (χ3v) is 10.6. The van der Waals surface area contributed by atoms with Gasteiger partial charge in [-0.25, -0.2) is 4.79 Å². The molecule has 0 amide bonds. The summed E-state index contributed by atoms with van der Waals surface area (Å²) in [4.78, 5) is 37.1. The first-order chi connectivity index (χ1) is 27.1. The third-order valence-electron chi connectivity index (χ3n) is 10.6. The molecule has 2 atom stereocenters. The first-order valence-corrected chi connectivity index (χ1v) is 23.7. The minimum Gasteiger partial charge on any atom is -0.477 e. The number of carbonyl (C=O) groups excluding carboxylic acids is 2. The van der Waals surface area contributed by atoms with Crippen LogP contribution in [0, 0.1) is 0 Å². The number of likely N-dealkylation sites (N-methyl/N-ethyl adjacent to an activating group) is 1. The fourth-order valence-corrected chi connectivity index (χ4v) is 6.90. The quantitative estimate of drug-likeness (QED) is 0.0281. The number of nitrogens with zero attached hydrogens (tertiary/aromatic N) is 1. The van der Waals surface area contributed by atoms with E-state index in [1.807, 2.05) is 21.1 Å². The lowest BCUT2D eigenvalue weighted by Gasteiger charge is -2.25. The van der Waals surface area contributed by atoms with Crippen molar-refractivity contribution in [3.63, 3.8) is 0 Å². The Labute approximate surface area is 345 Å². The second-order valence-corrected chi connectivity index (χ2v) is 17.4. The number of carboxylic acid groups (broad SMARTS) is 1. The first kappa shape index (κ1) is 54.3. The molecule has 0 radical (unpaired) electrons. The Morgan fingerprint density at radius 3 is 1.14 bits per heavy atom. The van der Waals surface area contributed by atoms with Crippen LogP contribution in [0.2, 0.25) is 0 Å². The van der Waals surface area contributed by atoms with E-state index in [0.29, 0.717) is 17.4 Å². The maximum atomic E-state index is 12.8. The lowest BCUT2D eigenvalue weighted by Crippen LogP contribution is -2.40. The van der Waals surface area contributed by atoms with Gasteiger partial charge in [0.25, 0.3) is 6.29 Å². The Hall–Kier alpha value is -1.71. The van der Waals surface area contributed by atoms with Crippen LogP contribution in [0.15, 0.2) is 0 Å². The summed E-state index contributed by atoms with van der Waals surface area (Å²) in [5.41, 5.74) is 0. The molecule has 0 bridgehead atoms. The lowest BCUT2D eigenvalue weighted by molar-refractivity contribution is -0.870. The summed E-state index contributed by atoms with van der Waals surface area (Å²) in [7, 11) is 5.97. The minimum atomic E-state index is -1.50. The molecule has 0 aromatic carbocycles. The standard InChI is InChI=1S/C47H91NO8/c1-6-8-10-12-14-16-18-20-21-22-23-24-26-28-30-32-34-36-38-45(50)56-43(42-55-47(46(51)52)53-40-39-48(3,4)5)41-54-44(49)37-35-33-31-29-27-25-19-17-15-13-11-9-7-2/h43,47H,6-42H2,1-5H3/p+1. The van der Waals surface area contributed by atoms with Crippen molar-refractivity contribution in [2.24, 2.45) is 0 Å². The zero-order chi connectivity index (χ0) is 41.4. The summed E-state index contributed by atoms with van der Waals surface area (Å²) in [5, 5.41) is 9.64. The molecule has 0 aromatic heterocycles. The van der Waals surface area contributed by atoms with Crippen LogP contribution < -0.4 is 0 Å². The average molecular weight is 799 g/mol. The first-order valence-electron chi connectivity index (χ1n) is 23.7. The molecule has 9 heteroatoms. The number of aliphatic carboxylic acids is 1. The van der Waals surface area contributed by atoms with E-state index in [-0.39, 0.29) is 38.2 Å². The van der Waals surface area contributed by atoms with E-state index in [1.165, 1.54) is 161 Å². The molecule has 0 aliphatic rings. The van der Waals surface area contributed by atoms with Gasteiger partial charge < -0.3 is 28.5 Å². The number of carboxylic acids is 1. The Bertz CT molecular complexity index is 892. The molecule has 0 aromatic rings. The molecule has 0 spiro atoms. The number of hydrogen-bond donors (Lipinski definition) is 1. The van der Waals surface area contributed by atoms with Crippen LogP contribution in [0.25, 0.3) is 0 Å². The number of esters is 2. The highest BCUT2D eigenvalue weighted by Gasteiger charge is 2.25.